The van der Waals surface area contributed by atoms with Gasteiger partial charge in [-0.1, -0.05) is 0 Å². The Morgan fingerprint density at radius 3 is 2.48 bits per heavy atom. The van der Waals surface area contributed by atoms with Crippen LogP contribution >= 0.6 is 0 Å². The number of aromatic nitrogens is 3. The molecule has 118 valence electrons. The van der Waals surface area contributed by atoms with Crippen molar-refractivity contribution in [2.75, 3.05) is 54.9 Å². The van der Waals surface area contributed by atoms with Crippen LogP contribution in [-0.4, -0.2) is 65.6 Å². The van der Waals surface area contributed by atoms with E-state index in [0.29, 0.717) is 44.0 Å². The standard InChI is InChI=1S/C13H24N6O2/c1-3-14-11-16-12(15-5-4-10(2)20)18-13(17-11)19-6-8-21-9-7-19/h10,20H,3-9H2,1-2H3,(H2,14,15,16,17,18). The molecule has 1 aliphatic heterocycles. The second-order valence-electron chi connectivity index (χ2n) is 4.98. The summed E-state index contributed by atoms with van der Waals surface area (Å²) in [4.78, 5) is 15.3. The Morgan fingerprint density at radius 1 is 1.19 bits per heavy atom. The van der Waals surface area contributed by atoms with Crippen molar-refractivity contribution >= 4 is 17.8 Å². The zero-order valence-electron chi connectivity index (χ0n) is 12.7. The normalized spacial score (nSPS) is 16.6. The number of nitrogens with zero attached hydrogens (tertiary/aromatic N) is 4. The number of morpholine rings is 1. The fourth-order valence-electron chi connectivity index (χ4n) is 1.98. The van der Waals surface area contributed by atoms with Crippen molar-refractivity contribution in [2.24, 2.45) is 0 Å². The molecule has 0 spiro atoms. The number of nitrogens with one attached hydrogen (secondary N) is 2. The van der Waals surface area contributed by atoms with Gasteiger partial charge in [-0.2, -0.15) is 15.0 Å². The molecular formula is C13H24N6O2. The molecule has 1 aromatic rings. The molecule has 2 heterocycles. The van der Waals surface area contributed by atoms with Crippen LogP contribution in [0.4, 0.5) is 17.8 Å². The molecular weight excluding hydrogens is 272 g/mol. The molecule has 0 amide bonds. The fourth-order valence-corrected chi connectivity index (χ4v) is 1.98. The Labute approximate surface area is 125 Å². The van der Waals surface area contributed by atoms with Crippen molar-refractivity contribution in [3.05, 3.63) is 0 Å². The molecule has 1 aromatic heterocycles. The van der Waals surface area contributed by atoms with Gasteiger partial charge < -0.3 is 25.4 Å². The second-order valence-corrected chi connectivity index (χ2v) is 4.98. The molecule has 2 rings (SSSR count). The predicted octanol–water partition coefficient (Wildman–Crippen LogP) is 0.323. The van der Waals surface area contributed by atoms with E-state index in [2.05, 4.69) is 30.5 Å². The second kappa shape index (κ2) is 7.94. The maximum atomic E-state index is 9.30. The highest BCUT2D eigenvalue weighted by Crippen LogP contribution is 2.15. The number of anilines is 3. The fraction of sp³-hybridized carbons (Fsp3) is 0.769. The molecule has 0 saturated carbocycles. The lowest BCUT2D eigenvalue weighted by Gasteiger charge is -2.27. The summed E-state index contributed by atoms with van der Waals surface area (Å²) in [5.74, 6) is 1.75. The molecule has 1 aliphatic rings. The van der Waals surface area contributed by atoms with Gasteiger partial charge in [-0.15, -0.1) is 0 Å². The van der Waals surface area contributed by atoms with Crippen LogP contribution in [-0.2, 0) is 4.74 Å². The van der Waals surface area contributed by atoms with Crippen LogP contribution in [0.2, 0.25) is 0 Å². The van der Waals surface area contributed by atoms with Crippen LogP contribution in [0.1, 0.15) is 20.3 Å². The molecule has 0 bridgehead atoms. The van der Waals surface area contributed by atoms with Gasteiger partial charge in [0.05, 0.1) is 19.3 Å². The quantitative estimate of drug-likeness (QED) is 0.662. The molecule has 3 N–H and O–H groups in total. The van der Waals surface area contributed by atoms with E-state index in [9.17, 15) is 5.11 Å². The summed E-state index contributed by atoms with van der Waals surface area (Å²) in [6.07, 6.45) is 0.307. The van der Waals surface area contributed by atoms with Gasteiger partial charge >= 0.3 is 0 Å². The summed E-state index contributed by atoms with van der Waals surface area (Å²) in [5, 5.41) is 15.6. The molecule has 1 fully saturated rings. The monoisotopic (exact) mass is 296 g/mol. The van der Waals surface area contributed by atoms with Gasteiger partial charge in [0.25, 0.3) is 0 Å². The van der Waals surface area contributed by atoms with Crippen molar-refractivity contribution in [1.29, 1.82) is 0 Å². The van der Waals surface area contributed by atoms with Crippen molar-refractivity contribution in [2.45, 2.75) is 26.4 Å². The minimum atomic E-state index is -0.341. The molecule has 0 radical (unpaired) electrons. The maximum absolute atomic E-state index is 9.30. The van der Waals surface area contributed by atoms with Crippen molar-refractivity contribution in [3.63, 3.8) is 0 Å². The molecule has 21 heavy (non-hydrogen) atoms. The zero-order valence-corrected chi connectivity index (χ0v) is 12.7. The van der Waals surface area contributed by atoms with Gasteiger partial charge in [-0.25, -0.2) is 0 Å². The molecule has 0 aliphatic carbocycles. The van der Waals surface area contributed by atoms with E-state index in [1.54, 1.807) is 6.92 Å². The average Bonchev–Trinajstić information content (AvgIpc) is 2.48. The van der Waals surface area contributed by atoms with Crippen LogP contribution in [0.25, 0.3) is 0 Å². The summed E-state index contributed by atoms with van der Waals surface area (Å²) in [6.45, 7) is 8.07. The van der Waals surface area contributed by atoms with Gasteiger partial charge in [-0.05, 0) is 20.3 Å². The number of hydrogen-bond donors (Lipinski definition) is 3. The number of aliphatic hydroxyl groups excluding tert-OH is 1. The molecule has 1 unspecified atom stereocenters. The first kappa shape index (κ1) is 15.7. The van der Waals surface area contributed by atoms with E-state index in [1.165, 1.54) is 0 Å². The number of ether oxygens (including phenoxy) is 1. The minimum absolute atomic E-state index is 0.341. The summed E-state index contributed by atoms with van der Waals surface area (Å²) in [5.41, 5.74) is 0. The van der Waals surface area contributed by atoms with Crippen molar-refractivity contribution in [3.8, 4) is 0 Å². The van der Waals surface area contributed by atoms with E-state index in [0.717, 1.165) is 19.6 Å². The first-order valence-electron chi connectivity index (χ1n) is 7.43. The number of aliphatic hydroxyl groups is 1. The lowest BCUT2D eigenvalue weighted by Crippen LogP contribution is -2.37. The van der Waals surface area contributed by atoms with Crippen molar-refractivity contribution < 1.29 is 9.84 Å². The lowest BCUT2D eigenvalue weighted by molar-refractivity contribution is 0.122. The summed E-state index contributed by atoms with van der Waals surface area (Å²) in [6, 6.07) is 0. The summed E-state index contributed by atoms with van der Waals surface area (Å²) >= 11 is 0. The molecule has 0 aromatic carbocycles. The van der Waals surface area contributed by atoms with E-state index >= 15 is 0 Å². The van der Waals surface area contributed by atoms with E-state index in [-0.39, 0.29) is 6.10 Å². The van der Waals surface area contributed by atoms with Gasteiger partial charge in [0, 0.05) is 26.2 Å². The summed E-state index contributed by atoms with van der Waals surface area (Å²) < 4.78 is 5.35. The highest BCUT2D eigenvalue weighted by Gasteiger charge is 2.16. The Morgan fingerprint density at radius 2 is 1.86 bits per heavy atom. The predicted molar refractivity (Wildman–Crippen MR) is 81.8 cm³/mol. The number of hydrogen-bond acceptors (Lipinski definition) is 8. The highest BCUT2D eigenvalue weighted by molar-refractivity contribution is 5.44. The molecule has 8 heteroatoms. The van der Waals surface area contributed by atoms with Gasteiger partial charge in [0.2, 0.25) is 17.8 Å². The molecule has 1 atom stereocenters. The van der Waals surface area contributed by atoms with Crippen LogP contribution in [0, 0.1) is 0 Å². The van der Waals surface area contributed by atoms with Crippen LogP contribution in [0.3, 0.4) is 0 Å². The van der Waals surface area contributed by atoms with Crippen LogP contribution < -0.4 is 15.5 Å². The van der Waals surface area contributed by atoms with E-state index < -0.39 is 0 Å². The van der Waals surface area contributed by atoms with Crippen LogP contribution in [0.15, 0.2) is 0 Å². The Kier molecular flexibility index (Phi) is 5.94. The lowest BCUT2D eigenvalue weighted by atomic mass is 10.3. The first-order valence-corrected chi connectivity index (χ1v) is 7.43. The highest BCUT2D eigenvalue weighted by atomic mass is 16.5. The molecule has 8 nitrogen and oxygen atoms in total. The van der Waals surface area contributed by atoms with Gasteiger partial charge in [0.15, 0.2) is 0 Å². The van der Waals surface area contributed by atoms with Gasteiger partial charge in [-0.3, -0.25) is 0 Å². The average molecular weight is 296 g/mol. The topological polar surface area (TPSA) is 95.4 Å². The van der Waals surface area contributed by atoms with Crippen LogP contribution in [0.5, 0.6) is 0 Å². The first-order chi connectivity index (χ1) is 10.2. The third-order valence-corrected chi connectivity index (χ3v) is 3.10. The third-order valence-electron chi connectivity index (χ3n) is 3.10. The molecule has 1 saturated heterocycles. The third kappa shape index (κ3) is 4.98. The van der Waals surface area contributed by atoms with E-state index in [4.69, 9.17) is 4.74 Å². The Bertz CT molecular complexity index is 437. The Hall–Kier alpha value is -1.67. The Balaban J connectivity index is 2.09. The largest absolute Gasteiger partial charge is 0.393 e. The van der Waals surface area contributed by atoms with Gasteiger partial charge in [0.1, 0.15) is 0 Å². The number of rotatable bonds is 7. The zero-order chi connectivity index (χ0) is 15.1. The minimum Gasteiger partial charge on any atom is -0.393 e. The maximum Gasteiger partial charge on any atom is 0.232 e. The summed E-state index contributed by atoms with van der Waals surface area (Å²) in [7, 11) is 0. The smallest absolute Gasteiger partial charge is 0.232 e. The SMILES string of the molecule is CCNc1nc(NCCC(C)O)nc(N2CCOCC2)n1. The van der Waals surface area contributed by atoms with E-state index in [1.807, 2.05) is 6.92 Å². The van der Waals surface area contributed by atoms with Crippen molar-refractivity contribution in [1.82, 2.24) is 15.0 Å².